The number of rotatable bonds is 16. The fraction of sp³-hybridized carbons (Fsp3) is 0.293. The van der Waals surface area contributed by atoms with Gasteiger partial charge in [0.25, 0.3) is 5.91 Å². The smallest absolute Gasteiger partial charge is 0.251 e. The summed E-state index contributed by atoms with van der Waals surface area (Å²) in [6, 6.07) is 28.8. The molecule has 0 saturated heterocycles. The van der Waals surface area contributed by atoms with Crippen LogP contribution in [0.3, 0.4) is 0 Å². The lowest BCUT2D eigenvalue weighted by atomic mass is 10.0. The van der Waals surface area contributed by atoms with Crippen molar-refractivity contribution in [2.75, 3.05) is 20.8 Å². The summed E-state index contributed by atoms with van der Waals surface area (Å²) in [5, 5.41) is 20.1. The van der Waals surface area contributed by atoms with E-state index in [-0.39, 0.29) is 24.3 Å². The Hall–Kier alpha value is -5.45. The monoisotopic (exact) mass is 689 g/mol. The third kappa shape index (κ3) is 10.1. The fourth-order valence-corrected chi connectivity index (χ4v) is 5.98. The van der Waals surface area contributed by atoms with Crippen LogP contribution in [0.2, 0.25) is 0 Å². The number of aliphatic hydroxyl groups is 1. The highest BCUT2D eigenvalue weighted by Crippen LogP contribution is 2.27. The minimum Gasteiger partial charge on any atom is -0.493 e. The summed E-state index contributed by atoms with van der Waals surface area (Å²) in [6.07, 6.45) is 2.06. The van der Waals surface area contributed by atoms with E-state index >= 15 is 0 Å². The minimum absolute atomic E-state index is 0.0834. The van der Waals surface area contributed by atoms with Crippen molar-refractivity contribution in [3.05, 3.63) is 142 Å². The number of hydrogen-bond acceptors (Lipinski definition) is 7. The van der Waals surface area contributed by atoms with Crippen molar-refractivity contribution in [3.8, 4) is 17.3 Å². The molecule has 10 nitrogen and oxygen atoms in total. The van der Waals surface area contributed by atoms with Crippen LogP contribution in [0.1, 0.15) is 62.6 Å². The molecule has 2 amide bonds. The molecule has 2 unspecified atom stereocenters. The summed E-state index contributed by atoms with van der Waals surface area (Å²) in [5.74, 6) is 1.79. The van der Waals surface area contributed by atoms with E-state index in [0.717, 1.165) is 51.4 Å². The lowest BCUT2D eigenvalue weighted by Crippen LogP contribution is -2.32. The van der Waals surface area contributed by atoms with E-state index in [2.05, 4.69) is 56.7 Å². The van der Waals surface area contributed by atoms with Crippen LogP contribution in [-0.2, 0) is 30.7 Å². The van der Waals surface area contributed by atoms with Crippen LogP contribution in [0.5, 0.6) is 11.5 Å². The van der Waals surface area contributed by atoms with Crippen LogP contribution >= 0.6 is 0 Å². The van der Waals surface area contributed by atoms with Crippen LogP contribution in [0.15, 0.2) is 97.2 Å². The quantitative estimate of drug-likeness (QED) is 0.107. The molecule has 4 N–H and O–H groups in total. The molecular weight excluding hydrogens is 642 g/mol. The third-order valence-corrected chi connectivity index (χ3v) is 8.82. The number of hydrogen-bond donors (Lipinski definition) is 4. The van der Waals surface area contributed by atoms with Gasteiger partial charge >= 0.3 is 0 Å². The number of benzene rings is 3. The zero-order chi connectivity index (χ0) is 36.3. The number of aliphatic hydroxyl groups excluding tert-OH is 1. The maximum Gasteiger partial charge on any atom is 0.251 e. The van der Waals surface area contributed by atoms with Gasteiger partial charge in [0, 0.05) is 54.4 Å². The molecule has 266 valence electrons. The first-order valence-electron chi connectivity index (χ1n) is 17.1. The normalized spacial score (nSPS) is 12.2. The zero-order valence-electron chi connectivity index (χ0n) is 29.9. The number of methoxy groups -OCH3 is 2. The Kier molecular flexibility index (Phi) is 12.6. The molecule has 0 aliphatic carbocycles. The summed E-state index contributed by atoms with van der Waals surface area (Å²) in [5.41, 5.74) is 7.35. The van der Waals surface area contributed by atoms with Gasteiger partial charge in [-0.1, -0.05) is 48.5 Å². The number of nitrogens with zero attached hydrogens (tertiary/aromatic N) is 2. The number of amides is 2. The van der Waals surface area contributed by atoms with E-state index in [0.29, 0.717) is 36.7 Å². The predicted molar refractivity (Wildman–Crippen MR) is 198 cm³/mol. The van der Waals surface area contributed by atoms with Gasteiger partial charge in [-0.05, 0) is 91.9 Å². The second-order valence-corrected chi connectivity index (χ2v) is 12.8. The Morgan fingerprint density at radius 1 is 0.784 bits per heavy atom. The summed E-state index contributed by atoms with van der Waals surface area (Å²) in [7, 11) is 3.15. The number of ether oxygens (including phenoxy) is 2. The average molecular weight is 690 g/mol. The van der Waals surface area contributed by atoms with Gasteiger partial charge in [0.2, 0.25) is 5.91 Å². The number of aryl methyl sites for hydroxylation is 2. The number of carbonyl (C=O) groups excluding carboxylic acids is 2. The molecule has 0 bridgehead atoms. The van der Waals surface area contributed by atoms with Crippen molar-refractivity contribution in [1.29, 1.82) is 0 Å². The predicted octanol–water partition coefficient (Wildman–Crippen LogP) is 5.55. The van der Waals surface area contributed by atoms with Gasteiger partial charge in [-0.25, -0.2) is 4.98 Å². The molecule has 2 heterocycles. The second-order valence-electron chi connectivity index (χ2n) is 12.8. The number of nitrogens with one attached hydrogen (secondary N) is 3. The molecule has 0 fully saturated rings. The van der Waals surface area contributed by atoms with E-state index in [1.807, 2.05) is 62.4 Å². The Labute approximate surface area is 299 Å². The Morgan fingerprint density at radius 3 is 2.16 bits per heavy atom. The largest absolute Gasteiger partial charge is 0.493 e. The van der Waals surface area contributed by atoms with Crippen molar-refractivity contribution in [1.82, 2.24) is 25.5 Å². The van der Waals surface area contributed by atoms with E-state index < -0.39 is 6.10 Å². The van der Waals surface area contributed by atoms with E-state index in [9.17, 15) is 14.7 Å². The third-order valence-electron chi connectivity index (χ3n) is 8.82. The molecule has 5 aromatic rings. The molecule has 0 spiro atoms. The van der Waals surface area contributed by atoms with Gasteiger partial charge in [0.1, 0.15) is 5.82 Å². The first-order valence-corrected chi connectivity index (χ1v) is 17.1. The van der Waals surface area contributed by atoms with Crippen molar-refractivity contribution < 1.29 is 24.2 Å². The van der Waals surface area contributed by atoms with E-state index in [4.69, 9.17) is 9.47 Å². The van der Waals surface area contributed by atoms with Gasteiger partial charge in [0.15, 0.2) is 11.5 Å². The van der Waals surface area contributed by atoms with Crippen molar-refractivity contribution in [2.24, 2.45) is 0 Å². The molecule has 0 radical (unpaired) electrons. The lowest BCUT2D eigenvalue weighted by Gasteiger charge is -2.18. The molecule has 2 atom stereocenters. The summed E-state index contributed by atoms with van der Waals surface area (Å²) in [6.45, 7) is 7.28. The van der Waals surface area contributed by atoms with Crippen LogP contribution in [0, 0.1) is 13.8 Å². The molecule has 51 heavy (non-hydrogen) atoms. The lowest BCUT2D eigenvalue weighted by molar-refractivity contribution is -0.120. The Morgan fingerprint density at radius 2 is 1.47 bits per heavy atom. The minimum atomic E-state index is -0.681. The molecule has 3 aromatic carbocycles. The van der Waals surface area contributed by atoms with Gasteiger partial charge in [-0.2, -0.15) is 0 Å². The molecular formula is C41H47N5O5. The van der Waals surface area contributed by atoms with Crippen molar-refractivity contribution in [3.63, 3.8) is 0 Å². The van der Waals surface area contributed by atoms with Gasteiger partial charge in [-0.3, -0.25) is 9.59 Å². The maximum atomic E-state index is 12.8. The van der Waals surface area contributed by atoms with Crippen LogP contribution < -0.4 is 25.4 Å². The van der Waals surface area contributed by atoms with Gasteiger partial charge < -0.3 is 35.1 Å². The molecule has 0 saturated carbocycles. The summed E-state index contributed by atoms with van der Waals surface area (Å²) < 4.78 is 12.7. The van der Waals surface area contributed by atoms with Crippen LogP contribution in [-0.4, -0.2) is 53.3 Å². The summed E-state index contributed by atoms with van der Waals surface area (Å²) in [4.78, 5) is 30.1. The Bertz CT molecular complexity index is 1900. The first kappa shape index (κ1) is 36.8. The van der Waals surface area contributed by atoms with Crippen molar-refractivity contribution in [2.45, 2.75) is 58.8 Å². The molecule has 10 heteroatoms. The van der Waals surface area contributed by atoms with E-state index in [1.165, 1.54) is 0 Å². The number of carbonyl (C=O) groups is 2. The number of pyridine rings is 1. The SMILES string of the molecule is COc1ccc(CNC(=O)c2ccc(CNC(=O)Cc3cccc(CC(C)NCC(O)c4ccc(-n5c(C)ccc5C)nc4)c3)cc2)cc1OC. The van der Waals surface area contributed by atoms with E-state index in [1.54, 1.807) is 38.6 Å². The highest BCUT2D eigenvalue weighted by Gasteiger charge is 2.14. The average Bonchev–Trinajstić information content (AvgIpc) is 3.49. The first-order chi connectivity index (χ1) is 24.6. The van der Waals surface area contributed by atoms with Gasteiger partial charge in [-0.15, -0.1) is 0 Å². The van der Waals surface area contributed by atoms with Crippen LogP contribution in [0.4, 0.5) is 0 Å². The summed E-state index contributed by atoms with van der Waals surface area (Å²) >= 11 is 0. The molecule has 5 rings (SSSR count). The van der Waals surface area contributed by atoms with Crippen molar-refractivity contribution >= 4 is 11.8 Å². The van der Waals surface area contributed by atoms with Crippen LogP contribution in [0.25, 0.3) is 5.82 Å². The highest BCUT2D eigenvalue weighted by molar-refractivity contribution is 5.94. The standard InChI is InChI=1S/C41H47N5O5/c1-27(42-26-36(47)35-16-18-39(43-25-35)46-28(2)9-10-29(46)3)19-31-7-6-8-32(20-31)22-40(48)44-23-30-11-14-34(15-12-30)41(49)45-24-33-13-17-37(50-4)38(21-33)51-5/h6-18,20-21,25,27,36,42,47H,19,22-24,26H2,1-5H3,(H,44,48)(H,45,49). The number of aromatic nitrogens is 2. The molecule has 0 aliphatic heterocycles. The second kappa shape index (κ2) is 17.5. The van der Waals surface area contributed by atoms with Gasteiger partial charge in [0.05, 0.1) is 26.7 Å². The highest BCUT2D eigenvalue weighted by atomic mass is 16.5. The maximum absolute atomic E-state index is 12.8. The topological polar surface area (TPSA) is 127 Å². The zero-order valence-corrected chi connectivity index (χ0v) is 29.9. The molecule has 2 aromatic heterocycles. The fourth-order valence-electron chi connectivity index (χ4n) is 5.98. The Balaban J connectivity index is 1.04. The molecule has 0 aliphatic rings.